The predicted molar refractivity (Wildman–Crippen MR) is 107 cm³/mol. The van der Waals surface area contributed by atoms with Crippen molar-refractivity contribution in [2.24, 2.45) is 0 Å². The largest absolute Gasteiger partial charge is 0.465 e. The highest BCUT2D eigenvalue weighted by atomic mass is 16.5. The van der Waals surface area contributed by atoms with E-state index in [2.05, 4.69) is 91.7 Å². The highest BCUT2D eigenvalue weighted by Crippen LogP contribution is 2.40. The summed E-state index contributed by atoms with van der Waals surface area (Å²) in [6.45, 7) is 8.66. The molecule has 0 aliphatic carbocycles. The first-order chi connectivity index (χ1) is 13.0. The lowest BCUT2D eigenvalue weighted by Crippen LogP contribution is -2.33. The molecule has 3 heteroatoms. The lowest BCUT2D eigenvalue weighted by molar-refractivity contribution is -0.575. The van der Waals surface area contributed by atoms with Crippen LogP contribution in [-0.4, -0.2) is 4.57 Å². The van der Waals surface area contributed by atoms with Gasteiger partial charge in [0.2, 0.25) is 0 Å². The van der Waals surface area contributed by atoms with Crippen molar-refractivity contribution in [3.8, 4) is 22.9 Å². The molecule has 0 N–H and O–H groups in total. The molecule has 1 aromatic heterocycles. The minimum atomic E-state index is 0.391. The first-order valence-corrected chi connectivity index (χ1v) is 9.41. The summed E-state index contributed by atoms with van der Waals surface area (Å²) < 4.78 is 10.7. The van der Waals surface area contributed by atoms with Gasteiger partial charge >= 0.3 is 0 Å². The zero-order chi connectivity index (χ0) is 18.7. The van der Waals surface area contributed by atoms with E-state index in [1.807, 2.05) is 6.07 Å². The van der Waals surface area contributed by atoms with E-state index in [0.29, 0.717) is 5.92 Å². The third-order valence-electron chi connectivity index (χ3n) is 5.21. The van der Waals surface area contributed by atoms with Gasteiger partial charge in [-0.25, -0.2) is 0 Å². The van der Waals surface area contributed by atoms with E-state index in [-0.39, 0.29) is 0 Å². The van der Waals surface area contributed by atoms with Gasteiger partial charge in [0.15, 0.2) is 0 Å². The van der Waals surface area contributed by atoms with E-state index < -0.39 is 0 Å². The van der Waals surface area contributed by atoms with Crippen LogP contribution in [0.15, 0.2) is 54.6 Å². The van der Waals surface area contributed by atoms with Gasteiger partial charge in [0.05, 0.1) is 11.2 Å². The quantitative estimate of drug-likeness (QED) is 0.300. The van der Waals surface area contributed by atoms with Crippen molar-refractivity contribution >= 4 is 11.0 Å². The molecule has 0 unspecified atom stereocenters. The monoisotopic (exact) mass is 354 g/mol. The molecule has 27 heavy (non-hydrogen) atoms. The molecule has 3 nitrogen and oxygen atoms in total. The minimum absolute atomic E-state index is 0.391. The average Bonchev–Trinajstić information content (AvgIpc) is 3.02. The normalized spacial score (nSPS) is 12.3. The van der Waals surface area contributed by atoms with E-state index in [0.717, 1.165) is 33.9 Å². The van der Waals surface area contributed by atoms with E-state index in [9.17, 15) is 0 Å². The summed E-state index contributed by atoms with van der Waals surface area (Å²) in [7, 11) is 0. The minimum Gasteiger partial charge on any atom is -0.465 e. The second-order valence-electron chi connectivity index (χ2n) is 7.69. The Bertz CT molecular complexity index is 1180. The number of nitrogens with zero attached hydrogens (tertiary/aromatic N) is 2. The lowest BCUT2D eigenvalue weighted by Gasteiger charge is -2.23. The number of benzene rings is 3. The second-order valence-corrected chi connectivity index (χ2v) is 7.69. The maximum absolute atomic E-state index is 6.38. The Morgan fingerprint density at radius 2 is 1.70 bits per heavy atom. The number of aryl methyl sites for hydroxylation is 2. The Labute approximate surface area is 159 Å². The molecule has 4 aromatic rings. The third-order valence-corrected chi connectivity index (χ3v) is 5.21. The Hall–Kier alpha value is -3.07. The highest BCUT2D eigenvalue weighted by molar-refractivity contribution is 5.82. The van der Waals surface area contributed by atoms with Gasteiger partial charge in [-0.3, -0.25) is 9.13 Å². The standard InChI is InChI=1S/C24H22N2O/c1-15(2)19-7-5-9-21-24(19)27-22-10-6-8-20-23(22)26(21)14-25(20)18-12-16(3)11-17(4)13-18/h5-13,15H,1-4H3. The maximum Gasteiger partial charge on any atom is 0.270 e. The number of hydrogen-bond acceptors (Lipinski definition) is 1. The van der Waals surface area contributed by atoms with Crippen molar-refractivity contribution in [1.29, 1.82) is 0 Å². The first-order valence-electron chi connectivity index (χ1n) is 9.41. The molecular weight excluding hydrogens is 332 g/mol. The number of ether oxygens (including phenoxy) is 1. The van der Waals surface area contributed by atoms with Gasteiger partial charge < -0.3 is 4.74 Å². The van der Waals surface area contributed by atoms with Crippen LogP contribution in [0.2, 0.25) is 0 Å². The molecule has 3 aromatic carbocycles. The zero-order valence-corrected chi connectivity index (χ0v) is 16.1. The van der Waals surface area contributed by atoms with Crippen molar-refractivity contribution < 1.29 is 9.30 Å². The van der Waals surface area contributed by atoms with Crippen LogP contribution in [0.25, 0.3) is 22.4 Å². The Balaban J connectivity index is 1.84. The molecule has 0 spiro atoms. The van der Waals surface area contributed by atoms with Crippen LogP contribution in [0.1, 0.15) is 36.5 Å². The number of rotatable bonds is 2. The summed E-state index contributed by atoms with van der Waals surface area (Å²) in [4.78, 5) is 0. The van der Waals surface area contributed by atoms with Crippen LogP contribution < -0.4 is 9.30 Å². The average molecular weight is 354 g/mol. The number of hydrogen-bond donors (Lipinski definition) is 0. The van der Waals surface area contributed by atoms with Crippen LogP contribution in [0.4, 0.5) is 0 Å². The smallest absolute Gasteiger partial charge is 0.270 e. The SMILES string of the molecule is Cc1cc(C)cc(-n2[c-][n+]3c4c(cccc42)Oc2c(C(C)C)cccc2-3)c1. The van der Waals surface area contributed by atoms with Gasteiger partial charge in [-0.05, 0) is 49.6 Å². The van der Waals surface area contributed by atoms with Gasteiger partial charge in [-0.15, -0.1) is 0 Å². The van der Waals surface area contributed by atoms with Crippen LogP contribution in [0.5, 0.6) is 11.5 Å². The van der Waals surface area contributed by atoms with E-state index in [4.69, 9.17) is 4.74 Å². The number of imidazole rings is 1. The molecule has 0 fully saturated rings. The molecule has 134 valence electrons. The lowest BCUT2D eigenvalue weighted by atomic mass is 10.0. The molecule has 0 radical (unpaired) electrons. The Morgan fingerprint density at radius 1 is 0.963 bits per heavy atom. The maximum atomic E-state index is 6.38. The van der Waals surface area contributed by atoms with Gasteiger partial charge in [-0.2, -0.15) is 0 Å². The van der Waals surface area contributed by atoms with Crippen LogP contribution in [0, 0.1) is 20.2 Å². The summed E-state index contributed by atoms with van der Waals surface area (Å²) in [5.41, 5.74) is 8.04. The summed E-state index contributed by atoms with van der Waals surface area (Å²) >= 11 is 0. The number of aromatic nitrogens is 2. The van der Waals surface area contributed by atoms with Crippen molar-refractivity contribution in [3.05, 3.63) is 77.6 Å². The Morgan fingerprint density at radius 3 is 2.44 bits per heavy atom. The molecule has 2 heterocycles. The van der Waals surface area contributed by atoms with Crippen molar-refractivity contribution in [3.63, 3.8) is 0 Å². The van der Waals surface area contributed by atoms with Gasteiger partial charge in [-0.1, -0.05) is 55.3 Å². The molecule has 0 atom stereocenters. The van der Waals surface area contributed by atoms with Crippen molar-refractivity contribution in [2.75, 3.05) is 0 Å². The van der Waals surface area contributed by atoms with Gasteiger partial charge in [0.1, 0.15) is 22.7 Å². The fourth-order valence-electron chi connectivity index (χ4n) is 4.05. The fraction of sp³-hybridized carbons (Fsp3) is 0.208. The summed E-state index contributed by atoms with van der Waals surface area (Å²) in [6.07, 6.45) is 3.58. The number of para-hydroxylation sites is 2. The molecule has 0 saturated carbocycles. The molecule has 1 aliphatic heterocycles. The van der Waals surface area contributed by atoms with Crippen molar-refractivity contribution in [1.82, 2.24) is 4.57 Å². The van der Waals surface area contributed by atoms with E-state index in [1.54, 1.807) is 0 Å². The van der Waals surface area contributed by atoms with Crippen LogP contribution in [-0.2, 0) is 0 Å². The molecule has 5 rings (SSSR count). The topological polar surface area (TPSA) is 18.0 Å². The second kappa shape index (κ2) is 5.71. The summed E-state index contributed by atoms with van der Waals surface area (Å²) in [6, 6.07) is 19.2. The third kappa shape index (κ3) is 2.38. The Kier molecular flexibility index (Phi) is 3.41. The first kappa shape index (κ1) is 16.1. The van der Waals surface area contributed by atoms with E-state index in [1.165, 1.54) is 16.7 Å². The van der Waals surface area contributed by atoms with E-state index >= 15 is 0 Å². The zero-order valence-electron chi connectivity index (χ0n) is 16.1. The highest BCUT2D eigenvalue weighted by Gasteiger charge is 2.25. The summed E-state index contributed by atoms with van der Waals surface area (Å²) in [5.74, 6) is 2.21. The molecular formula is C24H22N2O. The molecule has 0 saturated heterocycles. The van der Waals surface area contributed by atoms with Gasteiger partial charge in [0.25, 0.3) is 6.33 Å². The summed E-state index contributed by atoms with van der Waals surface area (Å²) in [5, 5.41) is 0. The van der Waals surface area contributed by atoms with Gasteiger partial charge in [0, 0.05) is 0 Å². The van der Waals surface area contributed by atoms with Crippen LogP contribution >= 0.6 is 0 Å². The molecule has 1 aliphatic rings. The van der Waals surface area contributed by atoms with Crippen LogP contribution in [0.3, 0.4) is 0 Å². The molecule has 0 bridgehead atoms. The van der Waals surface area contributed by atoms with Crippen molar-refractivity contribution in [2.45, 2.75) is 33.6 Å². The molecule has 0 amide bonds. The number of fused-ring (bicyclic) bond motifs is 2. The fourth-order valence-corrected chi connectivity index (χ4v) is 4.05. The predicted octanol–water partition coefficient (Wildman–Crippen LogP) is 5.55.